The number of amides is 1. The van der Waals surface area contributed by atoms with Crippen LogP contribution in [0.3, 0.4) is 0 Å². The Labute approximate surface area is 158 Å². The fourth-order valence-electron chi connectivity index (χ4n) is 2.89. The monoisotopic (exact) mass is 365 g/mol. The van der Waals surface area contributed by atoms with Crippen LogP contribution in [-0.4, -0.2) is 44.0 Å². The zero-order chi connectivity index (χ0) is 19.4. The predicted molar refractivity (Wildman–Crippen MR) is 103 cm³/mol. The maximum absolute atomic E-state index is 12.8. The van der Waals surface area contributed by atoms with E-state index in [1.807, 2.05) is 44.2 Å². The second-order valence-electron chi connectivity index (χ2n) is 6.37. The van der Waals surface area contributed by atoms with Gasteiger partial charge in [-0.1, -0.05) is 18.2 Å². The normalized spacial score (nSPS) is 10.8. The van der Waals surface area contributed by atoms with Gasteiger partial charge in [-0.2, -0.15) is 4.98 Å². The first kappa shape index (κ1) is 18.6. The molecular weight excluding hydrogens is 342 g/mol. The molecule has 1 aromatic carbocycles. The molecule has 7 heteroatoms. The van der Waals surface area contributed by atoms with Crippen molar-refractivity contribution >= 4 is 11.7 Å². The summed E-state index contributed by atoms with van der Waals surface area (Å²) in [5.74, 6) is 1.70. The summed E-state index contributed by atoms with van der Waals surface area (Å²) in [5, 5.41) is 4.42. The van der Waals surface area contributed by atoms with Crippen molar-refractivity contribution in [3.8, 4) is 5.75 Å². The summed E-state index contributed by atoms with van der Waals surface area (Å²) < 4.78 is 6.84. The first-order chi connectivity index (χ1) is 13.0. The Morgan fingerprint density at radius 1 is 1.26 bits per heavy atom. The highest BCUT2D eigenvalue weighted by molar-refractivity contribution is 5.78. The van der Waals surface area contributed by atoms with Crippen molar-refractivity contribution in [2.24, 2.45) is 0 Å². The second-order valence-corrected chi connectivity index (χ2v) is 6.37. The highest BCUT2D eigenvalue weighted by atomic mass is 16.5. The van der Waals surface area contributed by atoms with Crippen LogP contribution in [0.4, 0.5) is 0 Å². The van der Waals surface area contributed by atoms with Gasteiger partial charge in [-0.15, -0.1) is 11.7 Å². The lowest BCUT2D eigenvalue weighted by Gasteiger charge is -2.20. The van der Waals surface area contributed by atoms with Crippen LogP contribution >= 0.6 is 0 Å². The second kappa shape index (κ2) is 7.99. The van der Waals surface area contributed by atoms with E-state index in [0.29, 0.717) is 24.7 Å². The lowest BCUT2D eigenvalue weighted by Crippen LogP contribution is -2.32. The smallest absolute Gasteiger partial charge is 0.252 e. The molecule has 0 atom stereocenters. The molecule has 0 bridgehead atoms. The van der Waals surface area contributed by atoms with Crippen molar-refractivity contribution in [1.82, 2.24) is 24.5 Å². The molecule has 0 aliphatic heterocycles. The Balaban J connectivity index is 1.76. The van der Waals surface area contributed by atoms with Gasteiger partial charge in [0, 0.05) is 24.5 Å². The maximum Gasteiger partial charge on any atom is 0.252 e. The molecular formula is C20H23N5O2. The van der Waals surface area contributed by atoms with E-state index in [9.17, 15) is 4.79 Å². The summed E-state index contributed by atoms with van der Waals surface area (Å²) in [4.78, 5) is 23.3. The molecule has 2 heterocycles. The summed E-state index contributed by atoms with van der Waals surface area (Å²) >= 11 is 0. The largest absolute Gasteiger partial charge is 0.497 e. The molecule has 0 unspecified atom stereocenters. The molecule has 0 aliphatic rings. The minimum absolute atomic E-state index is 0.0593. The van der Waals surface area contributed by atoms with Crippen molar-refractivity contribution in [2.75, 3.05) is 13.7 Å². The maximum atomic E-state index is 12.8. The summed E-state index contributed by atoms with van der Waals surface area (Å²) in [6.45, 7) is 8.54. The number of benzene rings is 1. The number of aromatic nitrogens is 4. The predicted octanol–water partition coefficient (Wildman–Crippen LogP) is 2.51. The highest BCUT2D eigenvalue weighted by Crippen LogP contribution is 2.14. The number of nitrogens with zero attached hydrogens (tertiary/aromatic N) is 5. The van der Waals surface area contributed by atoms with E-state index in [0.717, 1.165) is 22.7 Å². The first-order valence-corrected chi connectivity index (χ1v) is 8.71. The van der Waals surface area contributed by atoms with E-state index in [-0.39, 0.29) is 12.3 Å². The van der Waals surface area contributed by atoms with E-state index in [2.05, 4.69) is 21.6 Å². The minimum atomic E-state index is -0.0593. The average molecular weight is 365 g/mol. The van der Waals surface area contributed by atoms with Crippen LogP contribution in [-0.2, 0) is 17.8 Å². The third-order valence-electron chi connectivity index (χ3n) is 4.21. The third kappa shape index (κ3) is 4.31. The van der Waals surface area contributed by atoms with Gasteiger partial charge in [0.15, 0.2) is 5.82 Å². The summed E-state index contributed by atoms with van der Waals surface area (Å²) in [5.41, 5.74) is 2.82. The van der Waals surface area contributed by atoms with Gasteiger partial charge in [0.1, 0.15) is 5.75 Å². The van der Waals surface area contributed by atoms with Gasteiger partial charge in [-0.05, 0) is 37.6 Å². The van der Waals surface area contributed by atoms with Crippen molar-refractivity contribution < 1.29 is 9.53 Å². The standard InChI is InChI=1S/C20H23N5O2/c1-5-10-24(13-16-6-8-17(27-4)9-7-16)19(26)12-18-22-20-21-14(2)11-15(3)25(20)23-18/h5-9,11H,1,10,12-13H2,2-4H3. The number of ether oxygens (including phenoxy) is 1. The topological polar surface area (TPSA) is 72.6 Å². The zero-order valence-corrected chi connectivity index (χ0v) is 15.8. The van der Waals surface area contributed by atoms with Gasteiger partial charge in [0.05, 0.1) is 13.5 Å². The number of aryl methyl sites for hydroxylation is 2. The molecule has 0 saturated carbocycles. The van der Waals surface area contributed by atoms with Crippen molar-refractivity contribution in [3.63, 3.8) is 0 Å². The highest BCUT2D eigenvalue weighted by Gasteiger charge is 2.17. The number of fused-ring (bicyclic) bond motifs is 1. The van der Waals surface area contributed by atoms with Gasteiger partial charge in [0.2, 0.25) is 5.91 Å². The van der Waals surface area contributed by atoms with E-state index in [1.165, 1.54) is 0 Å². The molecule has 1 amide bonds. The SMILES string of the molecule is C=CCN(Cc1ccc(OC)cc1)C(=O)Cc1nc2nc(C)cc(C)n2n1. The fraction of sp³-hybridized carbons (Fsp3) is 0.300. The van der Waals surface area contributed by atoms with Gasteiger partial charge in [-0.3, -0.25) is 4.79 Å². The number of carbonyl (C=O) groups is 1. The van der Waals surface area contributed by atoms with Gasteiger partial charge >= 0.3 is 0 Å². The molecule has 3 aromatic rings. The Morgan fingerprint density at radius 3 is 2.67 bits per heavy atom. The van der Waals surface area contributed by atoms with Crippen LogP contribution in [0.25, 0.3) is 5.78 Å². The molecule has 0 radical (unpaired) electrons. The fourth-order valence-corrected chi connectivity index (χ4v) is 2.89. The average Bonchev–Trinajstić information content (AvgIpc) is 3.04. The third-order valence-corrected chi connectivity index (χ3v) is 4.21. The van der Waals surface area contributed by atoms with E-state index in [1.54, 1.807) is 22.6 Å². The molecule has 0 aliphatic carbocycles. The molecule has 7 nitrogen and oxygen atoms in total. The molecule has 2 aromatic heterocycles. The summed E-state index contributed by atoms with van der Waals surface area (Å²) in [6.07, 6.45) is 1.83. The Morgan fingerprint density at radius 2 is 2.00 bits per heavy atom. The molecule has 0 saturated heterocycles. The van der Waals surface area contributed by atoms with Gasteiger partial charge < -0.3 is 9.64 Å². The Kier molecular flexibility index (Phi) is 5.49. The van der Waals surface area contributed by atoms with Crippen LogP contribution in [0.15, 0.2) is 43.0 Å². The van der Waals surface area contributed by atoms with Gasteiger partial charge in [-0.25, -0.2) is 9.50 Å². The number of hydrogen-bond donors (Lipinski definition) is 0. The van der Waals surface area contributed by atoms with Crippen molar-refractivity contribution in [3.05, 3.63) is 65.8 Å². The van der Waals surface area contributed by atoms with E-state index >= 15 is 0 Å². The van der Waals surface area contributed by atoms with Crippen LogP contribution in [0.1, 0.15) is 22.8 Å². The zero-order valence-electron chi connectivity index (χ0n) is 15.8. The number of hydrogen-bond acceptors (Lipinski definition) is 5. The lowest BCUT2D eigenvalue weighted by atomic mass is 10.2. The van der Waals surface area contributed by atoms with Gasteiger partial charge in [0.25, 0.3) is 5.78 Å². The first-order valence-electron chi connectivity index (χ1n) is 8.71. The lowest BCUT2D eigenvalue weighted by molar-refractivity contribution is -0.130. The van der Waals surface area contributed by atoms with Crippen LogP contribution < -0.4 is 4.74 Å². The Bertz CT molecular complexity index is 962. The van der Waals surface area contributed by atoms with Crippen LogP contribution in [0, 0.1) is 13.8 Å². The Hall–Kier alpha value is -3.22. The number of carbonyl (C=O) groups excluding carboxylic acids is 1. The van der Waals surface area contributed by atoms with Crippen LogP contribution in [0.5, 0.6) is 5.75 Å². The molecule has 3 rings (SSSR count). The van der Waals surface area contributed by atoms with Crippen molar-refractivity contribution in [2.45, 2.75) is 26.8 Å². The number of rotatable bonds is 7. The minimum Gasteiger partial charge on any atom is -0.497 e. The molecule has 140 valence electrons. The molecule has 0 spiro atoms. The van der Waals surface area contributed by atoms with Crippen molar-refractivity contribution in [1.29, 1.82) is 0 Å². The van der Waals surface area contributed by atoms with Crippen LogP contribution in [0.2, 0.25) is 0 Å². The molecule has 0 fully saturated rings. The van der Waals surface area contributed by atoms with E-state index in [4.69, 9.17) is 4.74 Å². The number of methoxy groups -OCH3 is 1. The summed E-state index contributed by atoms with van der Waals surface area (Å²) in [6, 6.07) is 9.59. The quantitative estimate of drug-likeness (QED) is 0.602. The van der Waals surface area contributed by atoms with E-state index < -0.39 is 0 Å². The molecule has 27 heavy (non-hydrogen) atoms. The molecule has 0 N–H and O–H groups in total. The summed E-state index contributed by atoms with van der Waals surface area (Å²) in [7, 11) is 1.63.